The molecular weight excluding hydrogens is 328 g/mol. The van der Waals surface area contributed by atoms with E-state index in [0.29, 0.717) is 11.8 Å². The first-order valence-corrected chi connectivity index (χ1v) is 9.35. The fourth-order valence-electron chi connectivity index (χ4n) is 3.98. The minimum atomic E-state index is -2.32. The Morgan fingerprint density at radius 1 is 1.20 bits per heavy atom. The first-order chi connectivity index (χ1) is 12.0. The summed E-state index contributed by atoms with van der Waals surface area (Å²) >= 11 is 0. The molecule has 1 amide bonds. The number of ether oxygens (including phenoxy) is 1. The number of nitrogens with one attached hydrogen (secondary N) is 1. The van der Waals surface area contributed by atoms with Crippen LogP contribution in [0.3, 0.4) is 0 Å². The van der Waals surface area contributed by atoms with Crippen molar-refractivity contribution in [2.24, 2.45) is 13.0 Å². The zero-order valence-electron chi connectivity index (χ0n) is 14.5. The van der Waals surface area contributed by atoms with Crippen LogP contribution in [0, 0.1) is 5.92 Å². The van der Waals surface area contributed by atoms with Gasteiger partial charge in [0.05, 0.1) is 5.69 Å². The first-order valence-electron chi connectivity index (χ1n) is 9.35. The summed E-state index contributed by atoms with van der Waals surface area (Å²) in [6.07, 6.45) is 4.27. The normalized spacial score (nSPS) is 26.7. The smallest absolute Gasteiger partial charge is 0.413 e. The number of hydrogen-bond acceptors (Lipinski definition) is 3. The van der Waals surface area contributed by atoms with Crippen LogP contribution in [0.25, 0.3) is 0 Å². The highest BCUT2D eigenvalue weighted by Crippen LogP contribution is 2.47. The van der Waals surface area contributed by atoms with Crippen LogP contribution in [0.2, 0.25) is 0 Å². The summed E-state index contributed by atoms with van der Waals surface area (Å²) in [5.74, 6) is 1.06. The van der Waals surface area contributed by atoms with Gasteiger partial charge in [-0.15, -0.1) is 0 Å². The molecule has 0 aliphatic heterocycles. The molecule has 1 aromatic rings. The van der Waals surface area contributed by atoms with Gasteiger partial charge in [0.15, 0.2) is 0 Å². The van der Waals surface area contributed by atoms with Gasteiger partial charge in [-0.2, -0.15) is 5.10 Å². The van der Waals surface area contributed by atoms with Gasteiger partial charge in [0.1, 0.15) is 11.9 Å². The summed E-state index contributed by atoms with van der Waals surface area (Å²) in [4.78, 5) is 12.2. The Kier molecular flexibility index (Phi) is 4.41. The number of carbonyl (C=O) groups is 1. The highest BCUT2D eigenvalue weighted by Gasteiger charge is 2.39. The lowest BCUT2D eigenvalue weighted by atomic mass is 9.74. The molecule has 0 aromatic carbocycles. The van der Waals surface area contributed by atoms with Gasteiger partial charge in [0.25, 0.3) is 0 Å². The Morgan fingerprint density at radius 2 is 1.84 bits per heavy atom. The summed E-state index contributed by atoms with van der Waals surface area (Å²) in [5.41, 5.74) is 2.31. The number of aryl methyl sites for hydroxylation is 1. The maximum Gasteiger partial charge on any atom is 0.413 e. The van der Waals surface area contributed by atoms with Gasteiger partial charge in [-0.25, -0.2) is 13.6 Å². The SMILES string of the molecule is Cn1nc(C2CCC2)c(C2CCC2)c1NC(=O)OC1CC(C(F)F)C1. The van der Waals surface area contributed by atoms with Crippen LogP contribution in [0.1, 0.15) is 74.5 Å². The number of alkyl halides is 2. The second-order valence-electron chi connectivity index (χ2n) is 7.75. The molecule has 3 saturated carbocycles. The molecule has 1 heterocycles. The van der Waals surface area contributed by atoms with Crippen molar-refractivity contribution in [2.45, 2.75) is 75.7 Å². The third-order valence-electron chi connectivity index (χ3n) is 6.10. The van der Waals surface area contributed by atoms with E-state index in [0.717, 1.165) is 37.2 Å². The van der Waals surface area contributed by atoms with Crippen LogP contribution in [-0.2, 0) is 11.8 Å². The van der Waals surface area contributed by atoms with Crippen molar-refractivity contribution < 1.29 is 18.3 Å². The molecule has 0 spiro atoms. The Bertz CT molecular complexity index is 647. The lowest BCUT2D eigenvalue weighted by Gasteiger charge is -2.34. The first kappa shape index (κ1) is 16.8. The Hall–Kier alpha value is -1.66. The van der Waals surface area contributed by atoms with E-state index in [-0.39, 0.29) is 12.8 Å². The average molecular weight is 353 g/mol. The summed E-state index contributed by atoms with van der Waals surface area (Å²) in [6, 6.07) is 0. The van der Waals surface area contributed by atoms with Crippen molar-refractivity contribution >= 4 is 11.9 Å². The quantitative estimate of drug-likeness (QED) is 0.845. The number of amides is 1. The molecular formula is C18H25F2N3O2. The molecule has 25 heavy (non-hydrogen) atoms. The van der Waals surface area contributed by atoms with Gasteiger partial charge in [-0.1, -0.05) is 12.8 Å². The van der Waals surface area contributed by atoms with Gasteiger partial charge in [0, 0.05) is 24.4 Å². The molecule has 0 saturated heterocycles. The van der Waals surface area contributed by atoms with E-state index in [1.165, 1.54) is 18.4 Å². The fraction of sp³-hybridized carbons (Fsp3) is 0.778. The van der Waals surface area contributed by atoms with Crippen LogP contribution in [-0.4, -0.2) is 28.4 Å². The molecule has 3 fully saturated rings. The van der Waals surface area contributed by atoms with Gasteiger partial charge >= 0.3 is 6.09 Å². The molecule has 0 atom stereocenters. The third-order valence-corrected chi connectivity index (χ3v) is 6.10. The average Bonchev–Trinajstić information content (AvgIpc) is 2.67. The summed E-state index contributed by atoms with van der Waals surface area (Å²) < 4.78 is 32.1. The molecule has 3 aliphatic carbocycles. The van der Waals surface area contributed by atoms with Crippen LogP contribution in [0.15, 0.2) is 0 Å². The largest absolute Gasteiger partial charge is 0.446 e. The number of nitrogens with zero attached hydrogens (tertiary/aromatic N) is 2. The molecule has 5 nitrogen and oxygen atoms in total. The lowest BCUT2D eigenvalue weighted by molar-refractivity contribution is -0.0478. The molecule has 7 heteroatoms. The monoisotopic (exact) mass is 353 g/mol. The predicted octanol–water partition coefficient (Wildman–Crippen LogP) is 4.55. The highest BCUT2D eigenvalue weighted by molar-refractivity contribution is 5.85. The number of anilines is 1. The van der Waals surface area contributed by atoms with Gasteiger partial charge in [0.2, 0.25) is 6.43 Å². The third kappa shape index (κ3) is 3.13. The number of rotatable bonds is 5. The molecule has 138 valence electrons. The molecule has 4 rings (SSSR count). The highest BCUT2D eigenvalue weighted by atomic mass is 19.3. The minimum Gasteiger partial charge on any atom is -0.446 e. The Labute approximate surface area is 146 Å². The van der Waals surface area contributed by atoms with Crippen LogP contribution >= 0.6 is 0 Å². The zero-order chi connectivity index (χ0) is 17.6. The van der Waals surface area contributed by atoms with E-state index in [4.69, 9.17) is 4.74 Å². The molecule has 0 unspecified atom stereocenters. The molecule has 1 N–H and O–H groups in total. The van der Waals surface area contributed by atoms with Crippen LogP contribution in [0.5, 0.6) is 0 Å². The number of carbonyl (C=O) groups excluding carboxylic acids is 1. The van der Waals surface area contributed by atoms with Crippen molar-refractivity contribution in [1.29, 1.82) is 0 Å². The van der Waals surface area contributed by atoms with Gasteiger partial charge in [-0.05, 0) is 44.4 Å². The van der Waals surface area contributed by atoms with Crippen molar-refractivity contribution in [3.63, 3.8) is 0 Å². The van der Waals surface area contributed by atoms with E-state index in [9.17, 15) is 13.6 Å². The predicted molar refractivity (Wildman–Crippen MR) is 89.0 cm³/mol. The van der Waals surface area contributed by atoms with Crippen molar-refractivity contribution in [3.05, 3.63) is 11.3 Å². The van der Waals surface area contributed by atoms with E-state index in [1.54, 1.807) is 4.68 Å². The number of halogens is 2. The number of aromatic nitrogens is 2. The standard InChI is InChI=1S/C18H25F2N3O2/c1-23-17(21-18(24)25-13-8-12(9-13)16(19)20)14(10-4-2-5-10)15(22-23)11-6-3-7-11/h10-13,16H,2-9H2,1H3,(H,21,24). The van der Waals surface area contributed by atoms with Gasteiger partial charge < -0.3 is 4.74 Å². The number of hydrogen-bond donors (Lipinski definition) is 1. The summed E-state index contributed by atoms with van der Waals surface area (Å²) in [7, 11) is 1.84. The lowest BCUT2D eigenvalue weighted by Crippen LogP contribution is -2.38. The van der Waals surface area contributed by atoms with Crippen molar-refractivity contribution in [1.82, 2.24) is 9.78 Å². The molecule has 1 aromatic heterocycles. The maximum absolute atomic E-state index is 12.5. The maximum atomic E-state index is 12.5. The molecule has 0 bridgehead atoms. The molecule has 3 aliphatic rings. The van der Waals surface area contributed by atoms with E-state index < -0.39 is 24.5 Å². The van der Waals surface area contributed by atoms with E-state index >= 15 is 0 Å². The molecule has 0 radical (unpaired) electrons. The summed E-state index contributed by atoms with van der Waals surface area (Å²) in [5, 5.41) is 7.53. The van der Waals surface area contributed by atoms with Gasteiger partial charge in [-0.3, -0.25) is 10.00 Å². The van der Waals surface area contributed by atoms with E-state index in [1.807, 2.05) is 7.05 Å². The topological polar surface area (TPSA) is 56.2 Å². The minimum absolute atomic E-state index is 0.249. The van der Waals surface area contributed by atoms with Crippen molar-refractivity contribution in [3.8, 4) is 0 Å². The Balaban J connectivity index is 1.44. The van der Waals surface area contributed by atoms with Crippen LogP contribution in [0.4, 0.5) is 19.4 Å². The fourth-order valence-corrected chi connectivity index (χ4v) is 3.98. The van der Waals surface area contributed by atoms with Crippen molar-refractivity contribution in [2.75, 3.05) is 5.32 Å². The zero-order valence-corrected chi connectivity index (χ0v) is 14.5. The summed E-state index contributed by atoms with van der Waals surface area (Å²) in [6.45, 7) is 0. The second kappa shape index (κ2) is 6.57. The second-order valence-corrected chi connectivity index (χ2v) is 7.75. The Morgan fingerprint density at radius 3 is 2.36 bits per heavy atom. The van der Waals surface area contributed by atoms with E-state index in [2.05, 4.69) is 10.4 Å². The van der Waals surface area contributed by atoms with Crippen LogP contribution < -0.4 is 5.32 Å².